The molecule has 1 saturated heterocycles. The summed E-state index contributed by atoms with van der Waals surface area (Å²) in [5, 5.41) is 4.26. The molecule has 0 radical (unpaired) electrons. The summed E-state index contributed by atoms with van der Waals surface area (Å²) in [5.74, 6) is 0.450. The fourth-order valence-corrected chi connectivity index (χ4v) is 6.24. The summed E-state index contributed by atoms with van der Waals surface area (Å²) in [6, 6.07) is 17.4. The Bertz CT molecular complexity index is 1160. The van der Waals surface area contributed by atoms with E-state index in [0.29, 0.717) is 18.8 Å². The lowest BCUT2D eigenvalue weighted by Crippen LogP contribution is -2.67. The molecule has 0 spiro atoms. The summed E-state index contributed by atoms with van der Waals surface area (Å²) >= 11 is 0. The van der Waals surface area contributed by atoms with Crippen LogP contribution < -0.4 is 5.32 Å². The van der Waals surface area contributed by atoms with Gasteiger partial charge in [-0.1, -0.05) is 67.8 Å². The van der Waals surface area contributed by atoms with Crippen molar-refractivity contribution < 1.29 is 9.59 Å². The average Bonchev–Trinajstić information content (AvgIpc) is 3.21. The van der Waals surface area contributed by atoms with Crippen LogP contribution in [-0.2, 0) is 22.4 Å². The van der Waals surface area contributed by atoms with Gasteiger partial charge in [0.2, 0.25) is 11.8 Å². The topological polar surface area (TPSA) is 65.2 Å². The summed E-state index contributed by atoms with van der Waals surface area (Å²) in [7, 11) is 0. The molecule has 32 heavy (non-hydrogen) atoms. The number of piperazine rings is 1. The van der Waals surface area contributed by atoms with E-state index in [1.807, 2.05) is 41.3 Å². The van der Waals surface area contributed by atoms with E-state index in [0.717, 1.165) is 29.6 Å². The number of nitrogens with one attached hydrogen (secondary N) is 2. The number of fused-ring (bicyclic) bond motifs is 4. The maximum Gasteiger partial charge on any atom is 0.246 e. The number of rotatable bonds is 3. The van der Waals surface area contributed by atoms with E-state index in [4.69, 9.17) is 0 Å². The molecule has 2 fully saturated rings. The van der Waals surface area contributed by atoms with Gasteiger partial charge in [0.1, 0.15) is 12.1 Å². The molecule has 1 aliphatic carbocycles. The minimum atomic E-state index is -0.502. The van der Waals surface area contributed by atoms with Gasteiger partial charge in [0, 0.05) is 29.4 Å². The number of aromatic amines is 1. The minimum absolute atomic E-state index is 0.0118. The van der Waals surface area contributed by atoms with Crippen LogP contribution in [-0.4, -0.2) is 33.8 Å². The van der Waals surface area contributed by atoms with E-state index in [2.05, 4.69) is 28.5 Å². The molecule has 1 saturated carbocycles. The second-order valence-corrected chi connectivity index (χ2v) is 9.62. The first-order valence-corrected chi connectivity index (χ1v) is 12.0. The Hall–Kier alpha value is -3.08. The molecule has 2 aromatic carbocycles. The molecular weight excluding hydrogens is 398 g/mol. The van der Waals surface area contributed by atoms with Crippen molar-refractivity contribution in [2.45, 2.75) is 63.1 Å². The number of benzene rings is 2. The molecule has 1 aromatic heterocycles. The quantitative estimate of drug-likeness (QED) is 0.655. The normalized spacial score (nSPS) is 26.0. The van der Waals surface area contributed by atoms with Crippen LogP contribution in [0.25, 0.3) is 10.9 Å². The third kappa shape index (κ3) is 3.14. The molecule has 2 amide bonds. The van der Waals surface area contributed by atoms with Crippen LogP contribution in [0.1, 0.15) is 55.0 Å². The Kier molecular flexibility index (Phi) is 4.78. The fraction of sp³-hybridized carbons (Fsp3) is 0.407. The third-order valence-electron chi connectivity index (χ3n) is 7.73. The molecule has 3 heterocycles. The maximum atomic E-state index is 13.9. The van der Waals surface area contributed by atoms with Crippen molar-refractivity contribution in [1.29, 1.82) is 0 Å². The van der Waals surface area contributed by atoms with Gasteiger partial charge in [-0.2, -0.15) is 0 Å². The largest absolute Gasteiger partial charge is 0.356 e. The Morgan fingerprint density at radius 1 is 0.906 bits per heavy atom. The number of para-hydroxylation sites is 1. The zero-order valence-electron chi connectivity index (χ0n) is 18.2. The van der Waals surface area contributed by atoms with E-state index >= 15 is 0 Å². The number of aromatic nitrogens is 1. The zero-order valence-corrected chi connectivity index (χ0v) is 18.2. The maximum absolute atomic E-state index is 13.9. The number of hydrogen-bond donors (Lipinski definition) is 2. The number of hydrogen-bond acceptors (Lipinski definition) is 2. The van der Waals surface area contributed by atoms with Gasteiger partial charge in [0.05, 0.1) is 6.04 Å². The molecule has 1 unspecified atom stereocenters. The number of carbonyl (C=O) groups excluding carboxylic acids is 2. The van der Waals surface area contributed by atoms with Crippen molar-refractivity contribution in [3.63, 3.8) is 0 Å². The van der Waals surface area contributed by atoms with Gasteiger partial charge in [-0.05, 0) is 36.0 Å². The van der Waals surface area contributed by atoms with Crippen molar-refractivity contribution in [2.24, 2.45) is 5.92 Å². The summed E-state index contributed by atoms with van der Waals surface area (Å²) in [5.41, 5.74) is 4.56. The predicted octanol–water partition coefficient (Wildman–Crippen LogP) is 4.28. The van der Waals surface area contributed by atoms with Gasteiger partial charge in [-0.3, -0.25) is 9.59 Å². The van der Waals surface area contributed by atoms with Crippen molar-refractivity contribution in [2.75, 3.05) is 0 Å². The standard InChI is InChI=1S/C27H29N3O2/c31-26-23-16-20-19-13-7-8-14-21(19)28-24(20)25(18-11-5-2-6-12-18)30(23)27(32)22(29-26)15-17-9-3-1-4-10-17/h1,3-4,7-10,13-14,18,22-23,25,28H,2,5-6,11-12,15-16H2,(H,29,31)/t22-,23-,25?/m0/s1. The molecule has 5 nitrogen and oxygen atoms in total. The summed E-state index contributed by atoms with van der Waals surface area (Å²) < 4.78 is 0. The highest BCUT2D eigenvalue weighted by molar-refractivity contribution is 5.99. The van der Waals surface area contributed by atoms with E-state index in [-0.39, 0.29) is 17.9 Å². The van der Waals surface area contributed by atoms with Gasteiger partial charge in [-0.15, -0.1) is 0 Å². The summed E-state index contributed by atoms with van der Waals surface area (Å²) in [4.78, 5) is 32.9. The molecule has 3 atom stereocenters. The Labute approximate surface area is 188 Å². The van der Waals surface area contributed by atoms with Gasteiger partial charge in [-0.25, -0.2) is 0 Å². The lowest BCUT2D eigenvalue weighted by molar-refractivity contribution is -0.155. The average molecular weight is 428 g/mol. The smallest absolute Gasteiger partial charge is 0.246 e. The van der Waals surface area contributed by atoms with Gasteiger partial charge < -0.3 is 15.2 Å². The summed E-state index contributed by atoms with van der Waals surface area (Å²) in [6.45, 7) is 0. The minimum Gasteiger partial charge on any atom is -0.356 e. The molecule has 6 rings (SSSR count). The first-order valence-electron chi connectivity index (χ1n) is 12.0. The van der Waals surface area contributed by atoms with Gasteiger partial charge in [0.15, 0.2) is 0 Å². The number of carbonyl (C=O) groups is 2. The van der Waals surface area contributed by atoms with Crippen molar-refractivity contribution in [3.05, 3.63) is 71.4 Å². The first-order chi connectivity index (χ1) is 15.7. The van der Waals surface area contributed by atoms with Crippen LogP contribution in [0, 0.1) is 5.92 Å². The monoisotopic (exact) mass is 427 g/mol. The SMILES string of the molecule is O=C1N[C@@H](Cc2ccccc2)C(=O)N2C(C3CCCCC3)c3[nH]c4ccccc4c3C[C@@H]12. The predicted molar refractivity (Wildman–Crippen MR) is 124 cm³/mol. The molecule has 2 N–H and O–H groups in total. The molecular formula is C27H29N3O2. The van der Waals surface area contributed by atoms with Crippen LogP contribution in [0.2, 0.25) is 0 Å². The molecule has 3 aliphatic rings. The van der Waals surface area contributed by atoms with Crippen molar-refractivity contribution in [3.8, 4) is 0 Å². The lowest BCUT2D eigenvalue weighted by atomic mass is 9.76. The first kappa shape index (κ1) is 19.6. The van der Waals surface area contributed by atoms with Crippen LogP contribution >= 0.6 is 0 Å². The molecule has 2 aliphatic heterocycles. The zero-order chi connectivity index (χ0) is 21.7. The van der Waals surface area contributed by atoms with Crippen LogP contribution in [0.4, 0.5) is 0 Å². The molecule has 5 heteroatoms. The Balaban J connectivity index is 1.43. The van der Waals surface area contributed by atoms with Crippen LogP contribution in [0.15, 0.2) is 54.6 Å². The highest BCUT2D eigenvalue weighted by atomic mass is 16.2. The summed E-state index contributed by atoms with van der Waals surface area (Å²) in [6.07, 6.45) is 7.00. The highest BCUT2D eigenvalue weighted by Crippen LogP contribution is 2.46. The fourth-order valence-electron chi connectivity index (χ4n) is 6.24. The second-order valence-electron chi connectivity index (χ2n) is 9.62. The molecule has 3 aromatic rings. The highest BCUT2D eigenvalue weighted by Gasteiger charge is 2.50. The molecule has 164 valence electrons. The third-order valence-corrected chi connectivity index (χ3v) is 7.73. The van der Waals surface area contributed by atoms with Crippen LogP contribution in [0.5, 0.6) is 0 Å². The van der Waals surface area contributed by atoms with Gasteiger partial charge >= 0.3 is 0 Å². The van der Waals surface area contributed by atoms with E-state index < -0.39 is 12.1 Å². The van der Waals surface area contributed by atoms with E-state index in [9.17, 15) is 9.59 Å². The van der Waals surface area contributed by atoms with Gasteiger partial charge in [0.25, 0.3) is 0 Å². The van der Waals surface area contributed by atoms with Crippen molar-refractivity contribution >= 4 is 22.7 Å². The molecule has 0 bridgehead atoms. The number of amides is 2. The van der Waals surface area contributed by atoms with E-state index in [1.165, 1.54) is 30.2 Å². The lowest BCUT2D eigenvalue weighted by Gasteiger charge is -2.49. The van der Waals surface area contributed by atoms with Crippen molar-refractivity contribution in [1.82, 2.24) is 15.2 Å². The Morgan fingerprint density at radius 3 is 2.47 bits per heavy atom. The second kappa shape index (κ2) is 7.80. The number of nitrogens with zero attached hydrogens (tertiary/aromatic N) is 1. The van der Waals surface area contributed by atoms with E-state index in [1.54, 1.807) is 0 Å². The number of H-pyrrole nitrogens is 1. The van der Waals surface area contributed by atoms with Crippen LogP contribution in [0.3, 0.4) is 0 Å². The Morgan fingerprint density at radius 2 is 1.66 bits per heavy atom.